The van der Waals surface area contributed by atoms with Crippen molar-refractivity contribution in [3.05, 3.63) is 12.2 Å². The molecule has 0 heterocycles. The Morgan fingerprint density at radius 1 is 0.576 bits per heavy atom. The summed E-state index contributed by atoms with van der Waals surface area (Å²) >= 11 is 0. The van der Waals surface area contributed by atoms with Crippen molar-refractivity contribution in [2.45, 2.75) is 167 Å². The Balaban J connectivity index is 3.52. The van der Waals surface area contributed by atoms with E-state index in [4.69, 9.17) is 0 Å². The summed E-state index contributed by atoms with van der Waals surface area (Å²) in [5, 5.41) is 23.3. The van der Waals surface area contributed by atoms with Gasteiger partial charge in [-0.25, -0.2) is 0 Å². The summed E-state index contributed by atoms with van der Waals surface area (Å²) in [6.45, 7) is 5.41. The third kappa shape index (κ3) is 24.5. The van der Waals surface area contributed by atoms with E-state index in [1.54, 1.807) is 0 Å². The summed E-state index contributed by atoms with van der Waals surface area (Å²) in [5.74, 6) is 0. The molecule has 3 nitrogen and oxygen atoms in total. The van der Waals surface area contributed by atoms with Crippen LogP contribution in [0.5, 0.6) is 0 Å². The minimum absolute atomic E-state index is 0.0122. The predicted molar refractivity (Wildman–Crippen MR) is 147 cm³/mol. The van der Waals surface area contributed by atoms with E-state index in [0.29, 0.717) is 0 Å². The molecule has 0 radical (unpaired) electrons. The van der Waals surface area contributed by atoms with E-state index in [-0.39, 0.29) is 12.6 Å². The molecule has 0 aliphatic heterocycles. The Morgan fingerprint density at radius 2 is 0.970 bits per heavy atom. The maximum atomic E-state index is 10.3. The summed E-state index contributed by atoms with van der Waals surface area (Å²) < 4.78 is 0. The normalized spacial score (nSPS) is 13.7. The van der Waals surface area contributed by atoms with Crippen molar-refractivity contribution in [2.75, 3.05) is 13.2 Å². The van der Waals surface area contributed by atoms with E-state index in [2.05, 4.69) is 25.2 Å². The Labute approximate surface area is 208 Å². The van der Waals surface area contributed by atoms with Gasteiger partial charge in [-0.15, -0.1) is 0 Å². The second-order valence-electron chi connectivity index (χ2n) is 10.2. The highest BCUT2D eigenvalue weighted by Gasteiger charge is 2.14. The number of nitrogens with one attached hydrogen (secondary N) is 1. The van der Waals surface area contributed by atoms with E-state index in [9.17, 15) is 10.2 Å². The van der Waals surface area contributed by atoms with Crippen molar-refractivity contribution < 1.29 is 10.2 Å². The van der Waals surface area contributed by atoms with Gasteiger partial charge in [0.1, 0.15) is 0 Å². The number of unbranched alkanes of at least 4 members (excludes halogenated alkanes) is 20. The molecule has 2 atom stereocenters. The van der Waals surface area contributed by atoms with Gasteiger partial charge in [-0.1, -0.05) is 148 Å². The molecule has 0 spiro atoms. The second kappa shape index (κ2) is 27.9. The molecule has 0 saturated heterocycles. The molecule has 0 aliphatic rings. The van der Waals surface area contributed by atoms with Gasteiger partial charge in [0.05, 0.1) is 18.8 Å². The van der Waals surface area contributed by atoms with E-state index in [1.165, 1.54) is 128 Å². The molecule has 0 saturated carbocycles. The van der Waals surface area contributed by atoms with Gasteiger partial charge in [-0.05, 0) is 25.8 Å². The third-order valence-corrected chi connectivity index (χ3v) is 6.85. The van der Waals surface area contributed by atoms with Crippen LogP contribution < -0.4 is 5.32 Å². The molecule has 198 valence electrons. The van der Waals surface area contributed by atoms with Crippen LogP contribution in [0.25, 0.3) is 0 Å². The Kier molecular flexibility index (Phi) is 27.5. The number of hydrogen-bond acceptors (Lipinski definition) is 3. The van der Waals surface area contributed by atoms with Gasteiger partial charge in [0, 0.05) is 0 Å². The number of aliphatic hydroxyl groups excluding tert-OH is 2. The van der Waals surface area contributed by atoms with Gasteiger partial charge in [0.25, 0.3) is 0 Å². The van der Waals surface area contributed by atoms with Crippen LogP contribution in [0.1, 0.15) is 155 Å². The Hall–Kier alpha value is -0.380. The lowest BCUT2D eigenvalue weighted by atomic mass is 10.0. The monoisotopic (exact) mass is 467 g/mol. The number of allylic oxidation sites excluding steroid dienone is 1. The quantitative estimate of drug-likeness (QED) is 0.0838. The van der Waals surface area contributed by atoms with Crippen molar-refractivity contribution in [2.24, 2.45) is 0 Å². The molecule has 0 aromatic heterocycles. The largest absolute Gasteiger partial charge is 0.395 e. The highest BCUT2D eigenvalue weighted by molar-refractivity contribution is 4.94. The van der Waals surface area contributed by atoms with Gasteiger partial charge >= 0.3 is 0 Å². The lowest BCUT2D eigenvalue weighted by Gasteiger charge is -2.19. The summed E-state index contributed by atoms with van der Waals surface area (Å²) in [6, 6.07) is -0.239. The van der Waals surface area contributed by atoms with Crippen LogP contribution in [0.4, 0.5) is 0 Å². The van der Waals surface area contributed by atoms with Crippen LogP contribution in [-0.2, 0) is 0 Å². The highest BCUT2D eigenvalue weighted by atomic mass is 16.3. The molecule has 0 amide bonds. The zero-order chi connectivity index (χ0) is 24.2. The molecule has 0 aromatic carbocycles. The molecule has 0 fully saturated rings. The number of hydrogen-bond donors (Lipinski definition) is 3. The van der Waals surface area contributed by atoms with Gasteiger partial charge in [-0.3, -0.25) is 0 Å². The van der Waals surface area contributed by atoms with Crippen LogP contribution in [0.2, 0.25) is 0 Å². The Morgan fingerprint density at radius 3 is 1.39 bits per heavy atom. The van der Waals surface area contributed by atoms with Gasteiger partial charge in [0.15, 0.2) is 0 Å². The van der Waals surface area contributed by atoms with Crippen molar-refractivity contribution in [3.8, 4) is 0 Å². The maximum absolute atomic E-state index is 10.3. The average molecular weight is 468 g/mol. The topological polar surface area (TPSA) is 52.5 Å². The SMILES string of the molecule is CCCCCCCCCCCCC/C=C/C(O)C(CO)NCCCCCCCCCCCC. The zero-order valence-corrected chi connectivity index (χ0v) is 22.7. The number of aliphatic hydroxyl groups is 2. The third-order valence-electron chi connectivity index (χ3n) is 6.85. The van der Waals surface area contributed by atoms with Crippen molar-refractivity contribution in [1.29, 1.82) is 0 Å². The van der Waals surface area contributed by atoms with Crippen LogP contribution in [0.15, 0.2) is 12.2 Å². The lowest BCUT2D eigenvalue weighted by molar-refractivity contribution is 0.123. The first-order valence-electron chi connectivity index (χ1n) is 14.9. The van der Waals surface area contributed by atoms with Gasteiger partial charge in [0.2, 0.25) is 0 Å². The van der Waals surface area contributed by atoms with E-state index in [1.807, 2.05) is 6.08 Å². The minimum Gasteiger partial charge on any atom is -0.395 e. The van der Waals surface area contributed by atoms with E-state index < -0.39 is 6.10 Å². The Bertz CT molecular complexity index is 385. The molecule has 0 aromatic rings. The molecule has 0 bridgehead atoms. The highest BCUT2D eigenvalue weighted by Crippen LogP contribution is 2.13. The second-order valence-corrected chi connectivity index (χ2v) is 10.2. The predicted octanol–water partition coefficient (Wildman–Crippen LogP) is 8.48. The molecule has 0 aliphatic carbocycles. The smallest absolute Gasteiger partial charge is 0.0896 e. The standard InChI is InChI=1S/C30H61NO2/c1-3-5-7-9-11-13-15-16-17-18-20-22-24-26-30(33)29(28-32)31-27-25-23-21-19-14-12-10-8-6-4-2/h24,26,29-33H,3-23,25,27-28H2,1-2H3/b26-24+. The first-order chi connectivity index (χ1) is 16.3. The number of rotatable bonds is 27. The average Bonchev–Trinajstić information content (AvgIpc) is 2.82. The summed E-state index contributed by atoms with van der Waals surface area (Å²) in [4.78, 5) is 0. The molecular formula is C30H61NO2. The van der Waals surface area contributed by atoms with E-state index in [0.717, 1.165) is 19.4 Å². The molecule has 2 unspecified atom stereocenters. The fourth-order valence-corrected chi connectivity index (χ4v) is 4.49. The van der Waals surface area contributed by atoms with E-state index >= 15 is 0 Å². The molecule has 3 N–H and O–H groups in total. The van der Waals surface area contributed by atoms with Gasteiger partial charge in [-0.2, -0.15) is 0 Å². The fourth-order valence-electron chi connectivity index (χ4n) is 4.49. The van der Waals surface area contributed by atoms with Crippen molar-refractivity contribution >= 4 is 0 Å². The molecule has 0 rings (SSSR count). The first-order valence-corrected chi connectivity index (χ1v) is 14.9. The van der Waals surface area contributed by atoms with Crippen molar-refractivity contribution in [1.82, 2.24) is 5.32 Å². The zero-order valence-electron chi connectivity index (χ0n) is 22.7. The van der Waals surface area contributed by atoms with Crippen LogP contribution in [0.3, 0.4) is 0 Å². The van der Waals surface area contributed by atoms with Crippen molar-refractivity contribution in [3.63, 3.8) is 0 Å². The lowest BCUT2D eigenvalue weighted by Crippen LogP contribution is -2.42. The van der Waals surface area contributed by atoms with Gasteiger partial charge < -0.3 is 15.5 Å². The summed E-state index contributed by atoms with van der Waals surface area (Å²) in [5.41, 5.74) is 0. The summed E-state index contributed by atoms with van der Waals surface area (Å²) in [7, 11) is 0. The minimum atomic E-state index is -0.592. The fraction of sp³-hybridized carbons (Fsp3) is 0.933. The van der Waals surface area contributed by atoms with Crippen LogP contribution >= 0.6 is 0 Å². The molecule has 33 heavy (non-hydrogen) atoms. The summed E-state index contributed by atoms with van der Waals surface area (Å²) in [6.07, 6.45) is 32.7. The first kappa shape index (κ1) is 32.6. The van der Waals surface area contributed by atoms with Crippen LogP contribution in [-0.4, -0.2) is 35.5 Å². The van der Waals surface area contributed by atoms with Crippen LogP contribution in [0, 0.1) is 0 Å². The molecular weight excluding hydrogens is 406 g/mol. The molecule has 3 heteroatoms. The maximum Gasteiger partial charge on any atom is 0.0896 e.